The number of allylic oxidation sites excluding steroid dienone is 4. The minimum absolute atomic E-state index is 0.135. The first-order chi connectivity index (χ1) is 20.2. The summed E-state index contributed by atoms with van der Waals surface area (Å²) in [7, 11) is 0. The highest BCUT2D eigenvalue weighted by Gasteiger charge is 2.10. The van der Waals surface area contributed by atoms with Crippen molar-refractivity contribution in [3.63, 3.8) is 0 Å². The molecule has 2 N–H and O–H groups in total. The van der Waals surface area contributed by atoms with Crippen molar-refractivity contribution in [3.8, 4) is 0 Å². The second-order valence-electron chi connectivity index (χ2n) is 10.2. The lowest BCUT2D eigenvalue weighted by atomic mass is 9.94. The fraction of sp³-hybridized carbons (Fsp3) is 0.158. The van der Waals surface area contributed by atoms with Crippen molar-refractivity contribution in [2.24, 2.45) is 0 Å². The molecule has 2 amide bonds. The molecule has 0 aliphatic heterocycles. The summed E-state index contributed by atoms with van der Waals surface area (Å²) in [5, 5.41) is 5.68. The van der Waals surface area contributed by atoms with E-state index in [0.717, 1.165) is 56.6 Å². The fourth-order valence-electron chi connectivity index (χ4n) is 4.48. The summed E-state index contributed by atoms with van der Waals surface area (Å²) in [4.78, 5) is 23.6. The SMILES string of the molecule is C=C(C)/C(=C/c1ccc(C(=C)CC(=C)c2ccc(/C=C(\C)c3ccccc3NC=O)cc2)cc1)C(=O)NC/C=C\CC. The van der Waals surface area contributed by atoms with Crippen LogP contribution < -0.4 is 10.6 Å². The van der Waals surface area contributed by atoms with Crippen LogP contribution in [0.15, 0.2) is 116 Å². The van der Waals surface area contributed by atoms with Crippen LogP contribution in [0.2, 0.25) is 0 Å². The van der Waals surface area contributed by atoms with Gasteiger partial charge in [0, 0.05) is 23.4 Å². The van der Waals surface area contributed by atoms with Crippen molar-refractivity contribution in [2.45, 2.75) is 33.6 Å². The van der Waals surface area contributed by atoms with E-state index in [-0.39, 0.29) is 5.91 Å². The van der Waals surface area contributed by atoms with E-state index in [9.17, 15) is 9.59 Å². The Balaban J connectivity index is 1.65. The molecule has 0 bridgehead atoms. The largest absolute Gasteiger partial charge is 0.349 e. The Hall–Kier alpha value is -4.96. The molecule has 0 aliphatic carbocycles. The average Bonchev–Trinajstić information content (AvgIpc) is 2.98. The summed E-state index contributed by atoms with van der Waals surface area (Å²) < 4.78 is 0. The van der Waals surface area contributed by atoms with Crippen molar-refractivity contribution >= 4 is 46.9 Å². The molecule has 0 unspecified atom stereocenters. The molecule has 3 aromatic rings. The first kappa shape index (κ1) is 31.6. The molecule has 0 atom stereocenters. The highest BCUT2D eigenvalue weighted by atomic mass is 16.1. The van der Waals surface area contributed by atoms with Gasteiger partial charge < -0.3 is 10.6 Å². The summed E-state index contributed by atoms with van der Waals surface area (Å²) in [5.74, 6) is -0.135. The van der Waals surface area contributed by atoms with Crippen molar-refractivity contribution < 1.29 is 9.59 Å². The van der Waals surface area contributed by atoms with E-state index >= 15 is 0 Å². The Morgan fingerprint density at radius 3 is 1.90 bits per heavy atom. The monoisotopic (exact) mass is 556 g/mol. The van der Waals surface area contributed by atoms with Gasteiger partial charge in [-0.15, -0.1) is 0 Å². The number of hydrogen-bond donors (Lipinski definition) is 2. The van der Waals surface area contributed by atoms with Crippen LogP contribution in [0.25, 0.3) is 28.9 Å². The van der Waals surface area contributed by atoms with Gasteiger partial charge >= 0.3 is 0 Å². The van der Waals surface area contributed by atoms with E-state index in [0.29, 0.717) is 30.5 Å². The lowest BCUT2D eigenvalue weighted by Gasteiger charge is -2.11. The second-order valence-corrected chi connectivity index (χ2v) is 10.2. The van der Waals surface area contributed by atoms with Gasteiger partial charge in [0.2, 0.25) is 6.41 Å². The highest BCUT2D eigenvalue weighted by molar-refractivity contribution is 6.02. The van der Waals surface area contributed by atoms with Gasteiger partial charge in [-0.25, -0.2) is 0 Å². The Kier molecular flexibility index (Phi) is 11.8. The van der Waals surface area contributed by atoms with E-state index in [1.165, 1.54) is 0 Å². The molecule has 4 heteroatoms. The molecule has 0 aromatic heterocycles. The second kappa shape index (κ2) is 15.7. The lowest BCUT2D eigenvalue weighted by molar-refractivity contribution is -0.117. The Bertz CT molecular complexity index is 1530. The maximum absolute atomic E-state index is 12.6. The molecule has 0 spiro atoms. The third-order valence-corrected chi connectivity index (χ3v) is 6.81. The Labute approximate surface area is 250 Å². The summed E-state index contributed by atoms with van der Waals surface area (Å²) in [6.07, 6.45) is 10.2. The van der Waals surface area contributed by atoms with Crippen LogP contribution in [-0.2, 0) is 9.59 Å². The van der Waals surface area contributed by atoms with Crippen LogP contribution in [0, 0.1) is 0 Å². The normalized spacial score (nSPS) is 11.7. The number of nitrogens with one attached hydrogen (secondary N) is 2. The van der Waals surface area contributed by atoms with Crippen LogP contribution in [0.1, 0.15) is 61.4 Å². The van der Waals surface area contributed by atoms with Crippen molar-refractivity contribution in [1.29, 1.82) is 0 Å². The number of carbonyl (C=O) groups is 2. The summed E-state index contributed by atoms with van der Waals surface area (Å²) in [5.41, 5.74) is 10.1. The molecule has 0 saturated heterocycles. The van der Waals surface area contributed by atoms with Crippen molar-refractivity contribution in [1.82, 2.24) is 5.32 Å². The van der Waals surface area contributed by atoms with Gasteiger partial charge in [-0.2, -0.15) is 0 Å². The number of hydrogen-bond acceptors (Lipinski definition) is 2. The molecule has 0 aliphatic rings. The molecule has 42 heavy (non-hydrogen) atoms. The van der Waals surface area contributed by atoms with Crippen molar-refractivity contribution in [3.05, 3.63) is 144 Å². The minimum Gasteiger partial charge on any atom is -0.349 e. The van der Waals surface area contributed by atoms with E-state index in [1.807, 2.05) is 80.6 Å². The van der Waals surface area contributed by atoms with Crippen LogP contribution in [-0.4, -0.2) is 18.9 Å². The molecule has 214 valence electrons. The molecule has 0 saturated carbocycles. The number of benzene rings is 3. The first-order valence-electron chi connectivity index (χ1n) is 14.1. The number of amides is 2. The molecule has 4 nitrogen and oxygen atoms in total. The summed E-state index contributed by atoms with van der Waals surface area (Å²) in [6, 6.07) is 24.0. The number of para-hydroxylation sites is 1. The van der Waals surface area contributed by atoms with Crippen LogP contribution in [0.5, 0.6) is 0 Å². The van der Waals surface area contributed by atoms with Gasteiger partial charge in [0.05, 0.1) is 0 Å². The van der Waals surface area contributed by atoms with Gasteiger partial charge in [0.15, 0.2) is 0 Å². The molecule has 3 aromatic carbocycles. The van der Waals surface area contributed by atoms with E-state index < -0.39 is 0 Å². The molecular formula is C38H40N2O2. The van der Waals surface area contributed by atoms with Crippen LogP contribution >= 0.6 is 0 Å². The Morgan fingerprint density at radius 1 is 0.786 bits per heavy atom. The number of rotatable bonds is 14. The lowest BCUT2D eigenvalue weighted by Crippen LogP contribution is -2.25. The zero-order valence-corrected chi connectivity index (χ0v) is 24.9. The topological polar surface area (TPSA) is 58.2 Å². The van der Waals surface area contributed by atoms with E-state index in [1.54, 1.807) is 0 Å². The van der Waals surface area contributed by atoms with Crippen LogP contribution in [0.3, 0.4) is 0 Å². The maximum atomic E-state index is 12.6. The zero-order chi connectivity index (χ0) is 30.5. The predicted octanol–water partition coefficient (Wildman–Crippen LogP) is 8.97. The molecule has 0 heterocycles. The summed E-state index contributed by atoms with van der Waals surface area (Å²) >= 11 is 0. The summed E-state index contributed by atoms with van der Waals surface area (Å²) in [6.45, 7) is 19.0. The average molecular weight is 557 g/mol. The van der Waals surface area contributed by atoms with Gasteiger partial charge in [0.25, 0.3) is 5.91 Å². The fourth-order valence-corrected chi connectivity index (χ4v) is 4.48. The van der Waals surface area contributed by atoms with Gasteiger partial charge in [-0.05, 0) is 83.4 Å². The van der Waals surface area contributed by atoms with Crippen molar-refractivity contribution in [2.75, 3.05) is 11.9 Å². The van der Waals surface area contributed by atoms with Gasteiger partial charge in [0.1, 0.15) is 0 Å². The van der Waals surface area contributed by atoms with E-state index in [2.05, 4.69) is 67.6 Å². The third-order valence-electron chi connectivity index (χ3n) is 6.81. The van der Waals surface area contributed by atoms with Gasteiger partial charge in [-0.1, -0.05) is 112 Å². The predicted molar refractivity (Wildman–Crippen MR) is 180 cm³/mol. The maximum Gasteiger partial charge on any atom is 0.251 e. The van der Waals surface area contributed by atoms with E-state index in [4.69, 9.17) is 0 Å². The molecular weight excluding hydrogens is 516 g/mol. The van der Waals surface area contributed by atoms with Gasteiger partial charge in [-0.3, -0.25) is 9.59 Å². The third kappa shape index (κ3) is 9.03. The Morgan fingerprint density at radius 2 is 1.36 bits per heavy atom. The number of carbonyl (C=O) groups excluding carboxylic acids is 2. The quantitative estimate of drug-likeness (QED) is 0.0684. The standard InChI is InChI=1S/C38H40N2O2/c1-7-8-11-22-39-38(42)36(27(2)3)25-32-16-20-34(21-17-32)29(5)23-28(4)33-18-14-31(15-19-33)24-30(6)35-12-9-10-13-37(35)40-26-41/h8-21,24-26H,2,4-5,7,22-23H2,1,3,6H3,(H,39,42)(H,40,41)/b11-8-,30-24+,36-25-. The highest BCUT2D eigenvalue weighted by Crippen LogP contribution is 2.29. The minimum atomic E-state index is -0.135. The number of anilines is 1. The molecule has 3 rings (SSSR count). The smallest absolute Gasteiger partial charge is 0.251 e. The molecule has 0 fully saturated rings. The first-order valence-corrected chi connectivity index (χ1v) is 14.1. The zero-order valence-electron chi connectivity index (χ0n) is 24.9. The molecule has 0 radical (unpaired) electrons. The van der Waals surface area contributed by atoms with Crippen LogP contribution in [0.4, 0.5) is 5.69 Å².